The molecule has 1 unspecified atom stereocenters. The Morgan fingerprint density at radius 2 is 1.81 bits per heavy atom. The van der Waals surface area contributed by atoms with Gasteiger partial charge >= 0.3 is 0 Å². The highest BCUT2D eigenvalue weighted by Gasteiger charge is 2.23. The zero-order chi connectivity index (χ0) is 14.7. The molecule has 1 atom stereocenters. The molecule has 0 aliphatic carbocycles. The maximum Gasteiger partial charge on any atom is 0.0642 e. The Labute approximate surface area is 128 Å². The first-order valence-corrected chi connectivity index (χ1v) is 8.14. The Kier molecular flexibility index (Phi) is 4.78. The van der Waals surface area contributed by atoms with Gasteiger partial charge in [0, 0.05) is 51.0 Å². The van der Waals surface area contributed by atoms with Crippen molar-refractivity contribution in [3.05, 3.63) is 29.3 Å². The Balaban J connectivity index is 1.86. The molecule has 1 N–H and O–H groups in total. The van der Waals surface area contributed by atoms with E-state index in [0.29, 0.717) is 6.04 Å². The van der Waals surface area contributed by atoms with E-state index in [9.17, 15) is 0 Å². The van der Waals surface area contributed by atoms with Gasteiger partial charge in [-0.2, -0.15) is 0 Å². The lowest BCUT2D eigenvalue weighted by Crippen LogP contribution is -2.45. The average Bonchev–Trinajstić information content (AvgIpc) is 2.56. The summed E-state index contributed by atoms with van der Waals surface area (Å²) in [7, 11) is 0. The molecule has 1 aromatic rings. The van der Waals surface area contributed by atoms with Crippen molar-refractivity contribution in [2.24, 2.45) is 0 Å². The molecule has 4 nitrogen and oxygen atoms in total. The smallest absolute Gasteiger partial charge is 0.0642 e. The number of hydrogen-bond donors (Lipinski definition) is 1. The third-order valence-corrected chi connectivity index (χ3v) is 4.68. The highest BCUT2D eigenvalue weighted by molar-refractivity contribution is 5.56. The molecule has 2 heterocycles. The first-order chi connectivity index (χ1) is 10.3. The molecule has 1 aromatic carbocycles. The lowest BCUT2D eigenvalue weighted by atomic mass is 10.00. The van der Waals surface area contributed by atoms with Gasteiger partial charge in [-0.3, -0.25) is 4.90 Å². The average molecular weight is 289 g/mol. The van der Waals surface area contributed by atoms with Gasteiger partial charge in [0.05, 0.1) is 13.2 Å². The minimum absolute atomic E-state index is 0.477. The maximum absolute atomic E-state index is 5.50. The number of nitrogens with zero attached hydrogens (tertiary/aromatic N) is 2. The van der Waals surface area contributed by atoms with E-state index in [-0.39, 0.29) is 0 Å². The van der Waals surface area contributed by atoms with Crippen molar-refractivity contribution in [1.82, 2.24) is 10.2 Å². The first-order valence-electron chi connectivity index (χ1n) is 8.14. The summed E-state index contributed by atoms with van der Waals surface area (Å²) in [6, 6.07) is 7.38. The van der Waals surface area contributed by atoms with Crippen LogP contribution in [0, 0.1) is 6.92 Å². The number of aryl methyl sites for hydroxylation is 1. The summed E-state index contributed by atoms with van der Waals surface area (Å²) < 4.78 is 5.50. The van der Waals surface area contributed by atoms with Crippen molar-refractivity contribution in [3.63, 3.8) is 0 Å². The fraction of sp³-hybridized carbons (Fsp3) is 0.647. The van der Waals surface area contributed by atoms with Crippen LogP contribution < -0.4 is 10.2 Å². The van der Waals surface area contributed by atoms with E-state index in [4.69, 9.17) is 4.74 Å². The van der Waals surface area contributed by atoms with Crippen LogP contribution in [-0.2, 0) is 4.74 Å². The second-order valence-electron chi connectivity index (χ2n) is 6.12. The third kappa shape index (κ3) is 3.39. The molecule has 4 heteroatoms. The molecule has 2 fully saturated rings. The van der Waals surface area contributed by atoms with Gasteiger partial charge in [0.1, 0.15) is 0 Å². The van der Waals surface area contributed by atoms with E-state index in [1.165, 1.54) is 16.8 Å². The van der Waals surface area contributed by atoms with Crippen LogP contribution in [-0.4, -0.2) is 57.4 Å². The molecular formula is C17H27N3O. The zero-order valence-electron chi connectivity index (χ0n) is 13.3. The largest absolute Gasteiger partial charge is 0.378 e. The summed E-state index contributed by atoms with van der Waals surface area (Å²) in [5, 5.41) is 3.44. The van der Waals surface area contributed by atoms with Gasteiger partial charge in [-0.25, -0.2) is 0 Å². The van der Waals surface area contributed by atoms with E-state index in [1.807, 2.05) is 0 Å². The molecule has 0 bridgehead atoms. The summed E-state index contributed by atoms with van der Waals surface area (Å²) in [5.41, 5.74) is 4.22. The standard InChI is InChI=1S/C17H27N3O/c1-14-3-4-17(20-9-11-21-12-10-20)16(13-14)15(2)19-7-5-18-6-8-19/h3-4,13,15,18H,5-12H2,1-2H3. The van der Waals surface area contributed by atoms with E-state index >= 15 is 0 Å². The second kappa shape index (κ2) is 6.77. The summed E-state index contributed by atoms with van der Waals surface area (Å²) in [6.45, 7) is 12.7. The number of anilines is 1. The molecular weight excluding hydrogens is 262 g/mol. The predicted octanol–water partition coefficient (Wildman–Crippen LogP) is 1.80. The number of rotatable bonds is 3. The fourth-order valence-corrected chi connectivity index (χ4v) is 3.37. The molecule has 0 saturated carbocycles. The van der Waals surface area contributed by atoms with E-state index < -0.39 is 0 Å². The number of hydrogen-bond acceptors (Lipinski definition) is 4. The number of benzene rings is 1. The quantitative estimate of drug-likeness (QED) is 0.918. The number of ether oxygens (including phenoxy) is 1. The summed E-state index contributed by atoms with van der Waals surface area (Å²) in [6.07, 6.45) is 0. The highest BCUT2D eigenvalue weighted by Crippen LogP contribution is 2.31. The van der Waals surface area contributed by atoms with Crippen molar-refractivity contribution in [3.8, 4) is 0 Å². The minimum atomic E-state index is 0.477. The van der Waals surface area contributed by atoms with E-state index in [2.05, 4.69) is 47.2 Å². The molecule has 0 radical (unpaired) electrons. The van der Waals surface area contributed by atoms with Crippen LogP contribution in [0.2, 0.25) is 0 Å². The molecule has 0 spiro atoms. The lowest BCUT2D eigenvalue weighted by Gasteiger charge is -2.37. The topological polar surface area (TPSA) is 27.7 Å². The monoisotopic (exact) mass is 289 g/mol. The number of piperazine rings is 1. The first kappa shape index (κ1) is 14.8. The van der Waals surface area contributed by atoms with Crippen molar-refractivity contribution in [1.29, 1.82) is 0 Å². The van der Waals surface area contributed by atoms with Gasteiger partial charge < -0.3 is 15.0 Å². The van der Waals surface area contributed by atoms with Crippen LogP contribution in [0.25, 0.3) is 0 Å². The van der Waals surface area contributed by atoms with Gasteiger partial charge in [0.15, 0.2) is 0 Å². The van der Waals surface area contributed by atoms with Gasteiger partial charge in [-0.05, 0) is 25.5 Å². The number of morpholine rings is 1. The summed E-state index contributed by atoms with van der Waals surface area (Å²) >= 11 is 0. The lowest BCUT2D eigenvalue weighted by molar-refractivity contribution is 0.122. The van der Waals surface area contributed by atoms with Crippen LogP contribution in [0.3, 0.4) is 0 Å². The Morgan fingerprint density at radius 3 is 2.52 bits per heavy atom. The molecule has 3 rings (SSSR count). The van der Waals surface area contributed by atoms with Crippen molar-refractivity contribution in [2.75, 3.05) is 57.4 Å². The maximum atomic E-state index is 5.50. The third-order valence-electron chi connectivity index (χ3n) is 4.68. The molecule has 0 aromatic heterocycles. The SMILES string of the molecule is Cc1ccc(N2CCOCC2)c(C(C)N2CCNCC2)c1. The molecule has 2 aliphatic heterocycles. The van der Waals surface area contributed by atoms with Gasteiger partial charge in [-0.15, -0.1) is 0 Å². The fourth-order valence-electron chi connectivity index (χ4n) is 3.37. The normalized spacial score (nSPS) is 22.3. The Morgan fingerprint density at radius 1 is 1.10 bits per heavy atom. The van der Waals surface area contributed by atoms with E-state index in [0.717, 1.165) is 52.5 Å². The second-order valence-corrected chi connectivity index (χ2v) is 6.12. The molecule has 116 valence electrons. The van der Waals surface area contributed by atoms with Crippen LogP contribution in [0.15, 0.2) is 18.2 Å². The molecule has 21 heavy (non-hydrogen) atoms. The zero-order valence-corrected chi connectivity index (χ0v) is 13.3. The van der Waals surface area contributed by atoms with Crippen LogP contribution in [0.1, 0.15) is 24.1 Å². The van der Waals surface area contributed by atoms with Crippen LogP contribution in [0.5, 0.6) is 0 Å². The molecule has 2 saturated heterocycles. The van der Waals surface area contributed by atoms with E-state index in [1.54, 1.807) is 0 Å². The molecule has 2 aliphatic rings. The van der Waals surface area contributed by atoms with Crippen molar-refractivity contribution >= 4 is 5.69 Å². The summed E-state index contributed by atoms with van der Waals surface area (Å²) in [4.78, 5) is 5.08. The van der Waals surface area contributed by atoms with Crippen molar-refractivity contribution < 1.29 is 4.74 Å². The minimum Gasteiger partial charge on any atom is -0.378 e. The van der Waals surface area contributed by atoms with Gasteiger partial charge in [0.2, 0.25) is 0 Å². The Hall–Kier alpha value is -1.10. The molecule has 0 amide bonds. The Bertz CT molecular complexity index is 465. The predicted molar refractivity (Wildman–Crippen MR) is 87.1 cm³/mol. The summed E-state index contributed by atoms with van der Waals surface area (Å²) in [5.74, 6) is 0. The van der Waals surface area contributed by atoms with Crippen molar-refractivity contribution in [2.45, 2.75) is 19.9 Å². The van der Waals surface area contributed by atoms with Gasteiger partial charge in [-0.1, -0.05) is 17.7 Å². The van der Waals surface area contributed by atoms with Crippen LogP contribution >= 0.6 is 0 Å². The highest BCUT2D eigenvalue weighted by atomic mass is 16.5. The van der Waals surface area contributed by atoms with Gasteiger partial charge in [0.25, 0.3) is 0 Å². The number of nitrogens with one attached hydrogen (secondary N) is 1. The van der Waals surface area contributed by atoms with Crippen LogP contribution in [0.4, 0.5) is 5.69 Å².